The molecule has 3 heteroatoms. The molecule has 0 aliphatic carbocycles. The molecule has 108 valence electrons. The van der Waals surface area contributed by atoms with E-state index >= 15 is 0 Å². The van der Waals surface area contributed by atoms with Gasteiger partial charge in [-0.15, -0.1) is 0 Å². The van der Waals surface area contributed by atoms with Crippen LogP contribution in [0, 0.1) is 0 Å². The summed E-state index contributed by atoms with van der Waals surface area (Å²) in [6.45, 7) is 2.93. The van der Waals surface area contributed by atoms with E-state index in [4.69, 9.17) is 4.74 Å². The van der Waals surface area contributed by atoms with E-state index in [0.29, 0.717) is 13.2 Å². The summed E-state index contributed by atoms with van der Waals surface area (Å²) in [4.78, 5) is 14.1. The van der Waals surface area contributed by atoms with Gasteiger partial charge in [0.1, 0.15) is 0 Å². The summed E-state index contributed by atoms with van der Waals surface area (Å²) in [5, 5.41) is 0. The van der Waals surface area contributed by atoms with E-state index in [2.05, 4.69) is 30.3 Å². The van der Waals surface area contributed by atoms with Gasteiger partial charge in [-0.05, 0) is 30.0 Å². The fourth-order valence-corrected chi connectivity index (χ4v) is 2.96. The predicted octanol–water partition coefficient (Wildman–Crippen LogP) is 3.79. The first kappa shape index (κ1) is 13.7. The molecule has 1 aliphatic heterocycles. The SMILES string of the molecule is CCOC(=O)N1CCc2ccccc2C1c1ccccc1. The van der Waals surface area contributed by atoms with E-state index in [0.717, 1.165) is 12.0 Å². The summed E-state index contributed by atoms with van der Waals surface area (Å²) in [7, 11) is 0. The molecule has 1 unspecified atom stereocenters. The average molecular weight is 281 g/mol. The van der Waals surface area contributed by atoms with Crippen LogP contribution in [0.2, 0.25) is 0 Å². The lowest BCUT2D eigenvalue weighted by molar-refractivity contribution is 0.0937. The molecular weight excluding hydrogens is 262 g/mol. The Morgan fingerprint density at radius 2 is 1.86 bits per heavy atom. The minimum atomic E-state index is -0.235. The summed E-state index contributed by atoms with van der Waals surface area (Å²) in [6, 6.07) is 18.4. The molecule has 3 nitrogen and oxygen atoms in total. The fourth-order valence-electron chi connectivity index (χ4n) is 2.96. The van der Waals surface area contributed by atoms with Crippen LogP contribution in [0.4, 0.5) is 4.79 Å². The van der Waals surface area contributed by atoms with Crippen molar-refractivity contribution in [2.75, 3.05) is 13.2 Å². The highest BCUT2D eigenvalue weighted by atomic mass is 16.6. The maximum atomic E-state index is 12.3. The van der Waals surface area contributed by atoms with Gasteiger partial charge >= 0.3 is 6.09 Å². The first-order valence-corrected chi connectivity index (χ1v) is 7.37. The van der Waals surface area contributed by atoms with Crippen LogP contribution in [0.5, 0.6) is 0 Å². The lowest BCUT2D eigenvalue weighted by Gasteiger charge is -2.36. The van der Waals surface area contributed by atoms with Crippen molar-refractivity contribution in [1.82, 2.24) is 4.90 Å². The Kier molecular flexibility index (Phi) is 3.91. The molecule has 0 bridgehead atoms. The van der Waals surface area contributed by atoms with Gasteiger partial charge in [-0.3, -0.25) is 4.90 Å². The monoisotopic (exact) mass is 281 g/mol. The predicted molar refractivity (Wildman–Crippen MR) is 82.2 cm³/mol. The van der Waals surface area contributed by atoms with E-state index in [1.54, 1.807) is 0 Å². The normalized spacial score (nSPS) is 17.2. The van der Waals surface area contributed by atoms with Crippen LogP contribution in [0.15, 0.2) is 54.6 Å². The van der Waals surface area contributed by atoms with E-state index in [9.17, 15) is 4.79 Å². The second-order valence-corrected chi connectivity index (χ2v) is 5.15. The Labute approximate surface area is 125 Å². The third-order valence-corrected chi connectivity index (χ3v) is 3.90. The van der Waals surface area contributed by atoms with Crippen molar-refractivity contribution in [3.63, 3.8) is 0 Å². The second-order valence-electron chi connectivity index (χ2n) is 5.15. The Balaban J connectivity index is 2.05. The Hall–Kier alpha value is -2.29. The van der Waals surface area contributed by atoms with Gasteiger partial charge in [-0.25, -0.2) is 4.79 Å². The number of carbonyl (C=O) groups is 1. The average Bonchev–Trinajstić information content (AvgIpc) is 2.55. The van der Waals surface area contributed by atoms with Crippen LogP contribution in [0.1, 0.15) is 29.7 Å². The molecule has 2 aromatic carbocycles. The summed E-state index contributed by atoms with van der Waals surface area (Å²) in [6.07, 6.45) is 0.638. The lowest BCUT2D eigenvalue weighted by Crippen LogP contribution is -2.40. The lowest BCUT2D eigenvalue weighted by atomic mass is 9.88. The summed E-state index contributed by atoms with van der Waals surface area (Å²) in [5.41, 5.74) is 3.63. The third kappa shape index (κ3) is 2.64. The standard InChI is InChI=1S/C18H19NO2/c1-2-21-18(20)19-13-12-14-8-6-7-11-16(14)17(19)15-9-4-3-5-10-15/h3-11,17H,2,12-13H2,1H3. The summed E-state index contributed by atoms with van der Waals surface area (Å²) < 4.78 is 5.24. The van der Waals surface area contributed by atoms with Crippen LogP contribution in [-0.4, -0.2) is 24.1 Å². The van der Waals surface area contributed by atoms with Gasteiger partial charge in [-0.1, -0.05) is 54.6 Å². The Morgan fingerprint density at radius 1 is 1.14 bits per heavy atom. The van der Waals surface area contributed by atoms with E-state index in [1.165, 1.54) is 11.1 Å². The number of hydrogen-bond donors (Lipinski definition) is 0. The highest BCUT2D eigenvalue weighted by Gasteiger charge is 2.32. The highest BCUT2D eigenvalue weighted by Crippen LogP contribution is 2.35. The number of ether oxygens (including phenoxy) is 1. The zero-order valence-corrected chi connectivity index (χ0v) is 12.2. The molecule has 3 rings (SSSR count). The molecule has 0 saturated heterocycles. The number of fused-ring (bicyclic) bond motifs is 1. The Morgan fingerprint density at radius 3 is 2.62 bits per heavy atom. The summed E-state index contributed by atoms with van der Waals surface area (Å²) in [5.74, 6) is 0. The molecular formula is C18H19NO2. The van der Waals surface area contributed by atoms with Crippen LogP contribution < -0.4 is 0 Å². The third-order valence-electron chi connectivity index (χ3n) is 3.90. The van der Waals surface area contributed by atoms with Crippen molar-refractivity contribution in [2.45, 2.75) is 19.4 Å². The van der Waals surface area contributed by atoms with Crippen LogP contribution in [0.25, 0.3) is 0 Å². The topological polar surface area (TPSA) is 29.5 Å². The number of hydrogen-bond acceptors (Lipinski definition) is 2. The van der Waals surface area contributed by atoms with E-state index in [-0.39, 0.29) is 12.1 Å². The minimum absolute atomic E-state index is 0.0600. The molecule has 1 heterocycles. The molecule has 0 radical (unpaired) electrons. The van der Waals surface area contributed by atoms with Crippen molar-refractivity contribution < 1.29 is 9.53 Å². The van der Waals surface area contributed by atoms with Gasteiger partial charge < -0.3 is 4.74 Å². The quantitative estimate of drug-likeness (QED) is 0.838. The number of nitrogens with zero attached hydrogens (tertiary/aromatic N) is 1. The van der Waals surface area contributed by atoms with Gasteiger partial charge in [0.2, 0.25) is 0 Å². The molecule has 0 fully saturated rings. The van der Waals surface area contributed by atoms with E-state index < -0.39 is 0 Å². The number of amides is 1. The van der Waals surface area contributed by atoms with E-state index in [1.807, 2.05) is 36.1 Å². The Bertz CT molecular complexity index is 624. The van der Waals surface area contributed by atoms with Crippen molar-refractivity contribution in [1.29, 1.82) is 0 Å². The largest absolute Gasteiger partial charge is 0.450 e. The van der Waals surface area contributed by atoms with Crippen molar-refractivity contribution in [2.24, 2.45) is 0 Å². The van der Waals surface area contributed by atoms with Gasteiger partial charge in [0.15, 0.2) is 0 Å². The van der Waals surface area contributed by atoms with Crippen molar-refractivity contribution >= 4 is 6.09 Å². The van der Waals surface area contributed by atoms with Gasteiger partial charge in [0, 0.05) is 6.54 Å². The van der Waals surface area contributed by atoms with Gasteiger partial charge in [0.05, 0.1) is 12.6 Å². The van der Waals surface area contributed by atoms with Crippen LogP contribution >= 0.6 is 0 Å². The summed E-state index contributed by atoms with van der Waals surface area (Å²) >= 11 is 0. The maximum absolute atomic E-state index is 12.3. The molecule has 0 aromatic heterocycles. The molecule has 0 N–H and O–H groups in total. The smallest absolute Gasteiger partial charge is 0.410 e. The van der Waals surface area contributed by atoms with Crippen molar-refractivity contribution in [3.8, 4) is 0 Å². The second kappa shape index (κ2) is 6.00. The molecule has 0 saturated carbocycles. The molecule has 1 amide bonds. The van der Waals surface area contributed by atoms with Gasteiger partial charge in [0.25, 0.3) is 0 Å². The van der Waals surface area contributed by atoms with Crippen LogP contribution in [-0.2, 0) is 11.2 Å². The molecule has 1 aliphatic rings. The zero-order chi connectivity index (χ0) is 14.7. The highest BCUT2D eigenvalue weighted by molar-refractivity contribution is 5.70. The van der Waals surface area contributed by atoms with Crippen molar-refractivity contribution in [3.05, 3.63) is 71.3 Å². The minimum Gasteiger partial charge on any atom is -0.450 e. The number of carbonyl (C=O) groups excluding carboxylic acids is 1. The molecule has 0 spiro atoms. The molecule has 21 heavy (non-hydrogen) atoms. The maximum Gasteiger partial charge on any atom is 0.410 e. The number of benzene rings is 2. The first-order valence-electron chi connectivity index (χ1n) is 7.37. The fraction of sp³-hybridized carbons (Fsp3) is 0.278. The number of rotatable bonds is 2. The molecule has 2 aromatic rings. The first-order chi connectivity index (χ1) is 10.3. The van der Waals surface area contributed by atoms with Crippen LogP contribution in [0.3, 0.4) is 0 Å². The van der Waals surface area contributed by atoms with Gasteiger partial charge in [-0.2, -0.15) is 0 Å². The zero-order valence-electron chi connectivity index (χ0n) is 12.2. The molecule has 1 atom stereocenters.